The Balaban J connectivity index is 1.26. The molecule has 7 N–H and O–H groups in total. The van der Waals surface area contributed by atoms with Crippen LogP contribution in [0, 0.1) is 0 Å². The highest BCUT2D eigenvalue weighted by atomic mass is 35.5. The number of methoxy groups -OCH3 is 1. The van der Waals surface area contributed by atoms with Gasteiger partial charge in [-0.2, -0.15) is 21.0 Å². The Morgan fingerprint density at radius 3 is 1.97 bits per heavy atom. The molecule has 1 aromatic heterocycles. The largest absolute Gasteiger partial charge is 0.508 e. The van der Waals surface area contributed by atoms with Gasteiger partial charge in [0.25, 0.3) is 26.1 Å². The number of azo groups is 1. The number of phenols is 1. The molecule has 0 bridgehead atoms. The van der Waals surface area contributed by atoms with Crippen molar-refractivity contribution in [3.8, 4) is 28.7 Å². The molecule has 2 unspecified atom stereocenters. The van der Waals surface area contributed by atoms with Gasteiger partial charge in [-0.05, 0) is 98.0 Å². The van der Waals surface area contributed by atoms with Crippen LogP contribution in [0.2, 0.25) is 20.1 Å². The summed E-state index contributed by atoms with van der Waals surface area (Å²) < 4.78 is 99.6. The van der Waals surface area contributed by atoms with Crippen LogP contribution in [0.1, 0.15) is 103 Å². The smallest absolute Gasteiger partial charge is 0.316 e. The number of unbranched alkanes of at least 4 members (excludes halogenated alkanes) is 10. The SMILES string of the molecule is CCCCCCCCCCCCC(Oc1ccc(O)c(CCCC)c1)C(=O)Nc1ccc(Cl)c(Nc2[nH]n(-c3c(Cl)cc(Cl)cc3Cl)c(=O)c2N=Nc2ccc(NS(=O)Oc3cc(S(=O)(=O)O)cc(S(=O)(=O)O)c3)cc2OC)c1. The highest BCUT2D eigenvalue weighted by Crippen LogP contribution is 2.38. The number of H-pyrrole nitrogens is 1. The molecule has 0 spiro atoms. The summed E-state index contributed by atoms with van der Waals surface area (Å²) in [6.07, 6.45) is 13.1. The Morgan fingerprint density at radius 1 is 0.734 bits per heavy atom. The maximum Gasteiger partial charge on any atom is 0.316 e. The molecule has 0 aliphatic carbocycles. The molecule has 0 aliphatic rings. The van der Waals surface area contributed by atoms with Crippen LogP contribution in [-0.4, -0.2) is 64.2 Å². The van der Waals surface area contributed by atoms with Gasteiger partial charge in [-0.15, -0.1) is 10.2 Å². The Kier molecular flexibility index (Phi) is 22.9. The van der Waals surface area contributed by atoms with Crippen molar-refractivity contribution in [2.75, 3.05) is 22.5 Å². The highest BCUT2D eigenvalue weighted by molar-refractivity contribution is 7.86. The first-order valence-corrected chi connectivity index (χ1v) is 30.5. The van der Waals surface area contributed by atoms with Crippen LogP contribution in [0.15, 0.2) is 110 Å². The number of aromatic hydroxyl groups is 1. The minimum absolute atomic E-state index is 0.00572. The van der Waals surface area contributed by atoms with Gasteiger partial charge in [-0.3, -0.25) is 28.5 Å². The van der Waals surface area contributed by atoms with Gasteiger partial charge < -0.3 is 29.4 Å². The fraction of sp³-hybridized carbons (Fsp3) is 0.346. The van der Waals surface area contributed by atoms with Crippen molar-refractivity contribution in [1.82, 2.24) is 9.78 Å². The molecule has 0 radical (unpaired) electrons. The lowest BCUT2D eigenvalue weighted by Gasteiger charge is -2.20. The van der Waals surface area contributed by atoms with Crippen molar-refractivity contribution in [3.63, 3.8) is 0 Å². The van der Waals surface area contributed by atoms with Gasteiger partial charge in [-0.1, -0.05) is 124 Å². The van der Waals surface area contributed by atoms with Crippen LogP contribution >= 0.6 is 46.4 Å². The molecule has 1 amide bonds. The van der Waals surface area contributed by atoms with Crippen LogP contribution in [0.5, 0.6) is 23.0 Å². The topological polar surface area (TPSA) is 289 Å². The summed E-state index contributed by atoms with van der Waals surface area (Å²) in [4.78, 5) is 26.6. The third-order valence-corrected chi connectivity index (χ3v) is 15.6. The summed E-state index contributed by atoms with van der Waals surface area (Å²) in [6, 6.07) is 18.2. The third-order valence-electron chi connectivity index (χ3n) is 12.1. The maximum absolute atomic E-state index is 14.3. The van der Waals surface area contributed by atoms with Crippen LogP contribution in [0.25, 0.3) is 5.69 Å². The summed E-state index contributed by atoms with van der Waals surface area (Å²) in [5.74, 6) is -0.517. The van der Waals surface area contributed by atoms with Gasteiger partial charge in [0.05, 0.1) is 43.3 Å². The van der Waals surface area contributed by atoms with Crippen LogP contribution in [0.4, 0.5) is 34.3 Å². The molecule has 2 atom stereocenters. The first-order chi connectivity index (χ1) is 37.6. The number of amides is 1. The standard InChI is InChI=1S/C52H59Cl4N7O13S3/c1-4-6-8-9-10-11-12-13-14-15-17-46(75-36-20-23-45(64)32(24-36)16-7-5-2)51(65)57-34-18-21-40(54)44(27-34)58-50-48(52(66)63(61-50)49-41(55)25-33(53)26-42(49)56)60-59-43-22-19-35(28-47(43)74-3)62-77(67)76-37-29-38(78(68,69)70)31-39(30-37)79(71,72)73/h18-31,46,58,61-62,64H,4-17H2,1-3H3,(H,57,65)(H,68,69,70)(H,71,72,73). The fourth-order valence-corrected chi connectivity index (χ4v) is 11.0. The Hall–Kier alpha value is -5.89. The highest BCUT2D eigenvalue weighted by Gasteiger charge is 2.25. The van der Waals surface area contributed by atoms with Gasteiger partial charge in [0.15, 0.2) is 17.6 Å². The zero-order valence-electron chi connectivity index (χ0n) is 43.1. The van der Waals surface area contributed by atoms with Crippen molar-refractivity contribution in [2.24, 2.45) is 10.2 Å². The number of phenolic OH excluding ortho intramolecular Hbond substituents is 1. The monoisotopic (exact) mass is 1230 g/mol. The van der Waals surface area contributed by atoms with Crippen LogP contribution < -0.4 is 34.6 Å². The van der Waals surface area contributed by atoms with Gasteiger partial charge in [0.2, 0.25) is 0 Å². The van der Waals surface area contributed by atoms with Crippen molar-refractivity contribution in [1.29, 1.82) is 0 Å². The summed E-state index contributed by atoms with van der Waals surface area (Å²) in [7, 11) is -8.71. The van der Waals surface area contributed by atoms with E-state index in [4.69, 9.17) is 60.1 Å². The second kappa shape index (κ2) is 29.0. The number of carbonyl (C=O) groups is 1. The number of hydrogen-bond acceptors (Lipinski definition) is 14. The lowest BCUT2D eigenvalue weighted by molar-refractivity contribution is -0.123. The number of anilines is 4. The molecular weight excluding hydrogens is 1170 g/mol. The van der Waals surface area contributed by atoms with E-state index in [9.17, 15) is 44.8 Å². The quantitative estimate of drug-likeness (QED) is 0.0125. The molecule has 0 aliphatic heterocycles. The van der Waals surface area contributed by atoms with E-state index in [2.05, 4.69) is 44.5 Å². The molecular formula is C52H59Cl4N7O13S3. The Morgan fingerprint density at radius 2 is 1.35 bits per heavy atom. The summed E-state index contributed by atoms with van der Waals surface area (Å²) in [5, 5.41) is 28.4. The zero-order chi connectivity index (χ0) is 57.4. The number of nitrogens with one attached hydrogen (secondary N) is 4. The predicted molar refractivity (Wildman–Crippen MR) is 308 cm³/mol. The van der Waals surface area contributed by atoms with E-state index >= 15 is 0 Å². The summed E-state index contributed by atoms with van der Waals surface area (Å²) >= 11 is 23.6. The number of halogens is 4. The second-order valence-corrected chi connectivity index (χ2v) is 23.4. The molecule has 0 fully saturated rings. The molecule has 0 saturated heterocycles. The number of aryl methyl sites for hydroxylation is 1. The van der Waals surface area contributed by atoms with Crippen molar-refractivity contribution in [3.05, 3.63) is 121 Å². The number of rotatable bonds is 30. The average Bonchev–Trinajstić information content (AvgIpc) is 3.80. The van der Waals surface area contributed by atoms with Crippen molar-refractivity contribution < 1.29 is 53.7 Å². The lowest BCUT2D eigenvalue weighted by atomic mass is 10.0. The van der Waals surface area contributed by atoms with E-state index in [1.165, 1.54) is 82.0 Å². The third kappa shape index (κ3) is 18.1. The molecule has 27 heteroatoms. The molecule has 6 rings (SSSR count). The molecule has 426 valence electrons. The number of aromatic amines is 1. The molecule has 79 heavy (non-hydrogen) atoms. The van der Waals surface area contributed by atoms with E-state index in [0.29, 0.717) is 42.5 Å². The molecule has 20 nitrogen and oxygen atoms in total. The normalized spacial score (nSPS) is 12.6. The first-order valence-electron chi connectivity index (χ1n) is 25.0. The van der Waals surface area contributed by atoms with Gasteiger partial charge in [-0.25, -0.2) is 4.68 Å². The van der Waals surface area contributed by atoms with E-state index in [1.807, 2.05) is 0 Å². The Bertz CT molecular complexity index is 3400. The molecule has 6 aromatic rings. The molecule has 0 saturated carbocycles. The number of nitrogens with zero attached hydrogens (tertiary/aromatic N) is 3. The fourth-order valence-electron chi connectivity index (χ4n) is 8.02. The van der Waals surface area contributed by atoms with E-state index < -0.39 is 64.6 Å². The number of aromatic nitrogens is 2. The van der Waals surface area contributed by atoms with E-state index in [-0.39, 0.29) is 65.8 Å². The van der Waals surface area contributed by atoms with Crippen LogP contribution in [-0.2, 0) is 42.7 Å². The molecule has 5 aromatic carbocycles. The number of ether oxygens (including phenoxy) is 2. The molecule has 1 heterocycles. The number of carbonyl (C=O) groups excluding carboxylic acids is 1. The van der Waals surface area contributed by atoms with Crippen molar-refractivity contribution in [2.45, 2.75) is 120 Å². The predicted octanol–water partition coefficient (Wildman–Crippen LogP) is 14.3. The summed E-state index contributed by atoms with van der Waals surface area (Å²) in [6.45, 7) is 4.26. The Labute approximate surface area is 480 Å². The second-order valence-electron chi connectivity index (χ2n) is 18.1. The average molecular weight is 1230 g/mol. The van der Waals surface area contributed by atoms with Crippen molar-refractivity contribution >= 4 is 118 Å². The van der Waals surface area contributed by atoms with E-state index in [1.54, 1.807) is 30.3 Å². The minimum atomic E-state index is -4.99. The summed E-state index contributed by atoms with van der Waals surface area (Å²) in [5.41, 5.74) is 0.194. The van der Waals surface area contributed by atoms with Gasteiger partial charge >= 0.3 is 16.8 Å². The number of benzene rings is 5. The van der Waals surface area contributed by atoms with E-state index in [0.717, 1.165) is 48.8 Å². The van der Waals surface area contributed by atoms with Gasteiger partial charge in [0, 0.05) is 28.9 Å². The first kappa shape index (κ1) is 62.3. The lowest BCUT2D eigenvalue weighted by Crippen LogP contribution is -2.33. The maximum atomic E-state index is 14.3. The van der Waals surface area contributed by atoms with Gasteiger partial charge in [0.1, 0.15) is 34.4 Å². The minimum Gasteiger partial charge on any atom is -0.508 e. The van der Waals surface area contributed by atoms with Crippen LogP contribution in [0.3, 0.4) is 0 Å². The zero-order valence-corrected chi connectivity index (χ0v) is 48.5. The number of hydrogen-bond donors (Lipinski definition) is 7.